The first-order valence-electron chi connectivity index (χ1n) is 9.21. The van der Waals surface area contributed by atoms with Crippen LogP contribution in [0.1, 0.15) is 42.3 Å². The van der Waals surface area contributed by atoms with Gasteiger partial charge in [-0.3, -0.25) is 0 Å². The lowest BCUT2D eigenvalue weighted by Crippen LogP contribution is -2.48. The third kappa shape index (κ3) is 3.20. The van der Waals surface area contributed by atoms with E-state index in [9.17, 15) is 8.42 Å². The average molecular weight is 372 g/mol. The summed E-state index contributed by atoms with van der Waals surface area (Å²) >= 11 is 0. The molecule has 0 saturated carbocycles. The van der Waals surface area contributed by atoms with Gasteiger partial charge in [-0.25, -0.2) is 8.42 Å². The van der Waals surface area contributed by atoms with E-state index in [1.54, 1.807) is 12.1 Å². The maximum absolute atomic E-state index is 12.2. The summed E-state index contributed by atoms with van der Waals surface area (Å²) in [4.78, 5) is 0.436. The third-order valence-corrected chi connectivity index (χ3v) is 6.88. The molecule has 0 aliphatic carbocycles. The minimum atomic E-state index is -3.25. The second-order valence-corrected chi connectivity index (χ2v) is 9.47. The molecule has 0 bridgehead atoms. The van der Waals surface area contributed by atoms with Crippen molar-refractivity contribution in [1.82, 2.24) is 5.32 Å². The van der Waals surface area contributed by atoms with Crippen molar-refractivity contribution in [1.29, 1.82) is 0 Å². The van der Waals surface area contributed by atoms with Crippen LogP contribution in [-0.4, -0.2) is 33.4 Å². The zero-order valence-corrected chi connectivity index (χ0v) is 15.8. The molecule has 1 N–H and O–H groups in total. The standard InChI is InChI=1S/C21H25NO3S/c1-26(23,24)19-11-6-5-10-18(19)17-14-21(25-15-17)12-7-13-22-20(21)16-8-3-2-4-9-16/h2-6,8-11,17,20,22H,7,12-15H2,1H3/t17-,20+,21-/m1/s1. The smallest absolute Gasteiger partial charge is 0.175 e. The van der Waals surface area contributed by atoms with Crippen molar-refractivity contribution >= 4 is 9.84 Å². The van der Waals surface area contributed by atoms with Crippen molar-refractivity contribution in [2.24, 2.45) is 0 Å². The fraction of sp³-hybridized carbons (Fsp3) is 0.429. The molecule has 3 atom stereocenters. The number of sulfone groups is 1. The van der Waals surface area contributed by atoms with Gasteiger partial charge >= 0.3 is 0 Å². The van der Waals surface area contributed by atoms with Crippen molar-refractivity contribution in [2.75, 3.05) is 19.4 Å². The van der Waals surface area contributed by atoms with E-state index in [0.29, 0.717) is 11.5 Å². The Morgan fingerprint density at radius 2 is 1.81 bits per heavy atom. The first-order chi connectivity index (χ1) is 12.5. The van der Waals surface area contributed by atoms with Crippen LogP contribution in [0.15, 0.2) is 59.5 Å². The summed E-state index contributed by atoms with van der Waals surface area (Å²) in [7, 11) is -3.25. The molecule has 26 heavy (non-hydrogen) atoms. The van der Waals surface area contributed by atoms with E-state index in [-0.39, 0.29) is 17.6 Å². The molecule has 2 aromatic rings. The number of hydrogen-bond acceptors (Lipinski definition) is 4. The Morgan fingerprint density at radius 3 is 2.58 bits per heavy atom. The van der Waals surface area contributed by atoms with E-state index in [2.05, 4.69) is 29.6 Å². The molecule has 5 heteroatoms. The van der Waals surface area contributed by atoms with Crippen molar-refractivity contribution in [2.45, 2.75) is 41.7 Å². The van der Waals surface area contributed by atoms with Crippen LogP contribution in [0.4, 0.5) is 0 Å². The van der Waals surface area contributed by atoms with Crippen molar-refractivity contribution in [3.8, 4) is 0 Å². The average Bonchev–Trinajstić information content (AvgIpc) is 3.06. The molecule has 2 aromatic carbocycles. The molecule has 2 aliphatic rings. The predicted octanol–water partition coefficient (Wildman–Crippen LogP) is 3.46. The summed E-state index contributed by atoms with van der Waals surface area (Å²) in [6.45, 7) is 1.55. The maximum atomic E-state index is 12.2. The molecule has 138 valence electrons. The Kier molecular flexibility index (Phi) is 4.63. The van der Waals surface area contributed by atoms with Gasteiger partial charge in [0, 0.05) is 12.2 Å². The van der Waals surface area contributed by atoms with Crippen LogP contribution < -0.4 is 5.32 Å². The lowest BCUT2D eigenvalue weighted by atomic mass is 9.77. The molecule has 4 nitrogen and oxygen atoms in total. The van der Waals surface area contributed by atoms with E-state index in [4.69, 9.17) is 4.74 Å². The predicted molar refractivity (Wildman–Crippen MR) is 102 cm³/mol. The van der Waals surface area contributed by atoms with Gasteiger partial charge in [0.15, 0.2) is 9.84 Å². The maximum Gasteiger partial charge on any atom is 0.175 e. The Hall–Kier alpha value is -1.69. The molecule has 2 fully saturated rings. The second-order valence-electron chi connectivity index (χ2n) is 7.49. The molecule has 0 radical (unpaired) electrons. The van der Waals surface area contributed by atoms with E-state index in [1.807, 2.05) is 18.2 Å². The molecule has 0 aromatic heterocycles. The molecule has 1 spiro atoms. The Bertz CT molecular complexity index is 881. The van der Waals surface area contributed by atoms with Gasteiger partial charge in [-0.05, 0) is 43.0 Å². The van der Waals surface area contributed by atoms with Crippen LogP contribution in [0.3, 0.4) is 0 Å². The second kappa shape index (κ2) is 6.80. The van der Waals surface area contributed by atoms with Crippen LogP contribution in [0.25, 0.3) is 0 Å². The molecule has 2 aliphatic heterocycles. The van der Waals surface area contributed by atoms with E-state index in [1.165, 1.54) is 11.8 Å². The summed E-state index contributed by atoms with van der Waals surface area (Å²) in [6.07, 6.45) is 4.19. The van der Waals surface area contributed by atoms with Crippen LogP contribution in [0.5, 0.6) is 0 Å². The topological polar surface area (TPSA) is 55.4 Å². The third-order valence-electron chi connectivity index (χ3n) is 5.71. The normalized spacial score (nSPS) is 29.1. The fourth-order valence-electron chi connectivity index (χ4n) is 4.56. The first-order valence-corrected chi connectivity index (χ1v) is 11.1. The minimum absolute atomic E-state index is 0.104. The molecule has 2 saturated heterocycles. The summed E-state index contributed by atoms with van der Waals surface area (Å²) < 4.78 is 30.8. The zero-order valence-electron chi connectivity index (χ0n) is 15.0. The summed E-state index contributed by atoms with van der Waals surface area (Å²) in [5.41, 5.74) is 1.86. The van der Waals surface area contributed by atoms with Gasteiger partial charge in [0.05, 0.1) is 23.1 Å². The van der Waals surface area contributed by atoms with Crippen LogP contribution >= 0.6 is 0 Å². The zero-order chi connectivity index (χ0) is 18.2. The van der Waals surface area contributed by atoms with Gasteiger partial charge in [-0.1, -0.05) is 48.5 Å². The van der Waals surface area contributed by atoms with Gasteiger partial charge in [0.2, 0.25) is 0 Å². The van der Waals surface area contributed by atoms with Crippen molar-refractivity contribution in [3.63, 3.8) is 0 Å². The summed E-state index contributed by atoms with van der Waals surface area (Å²) in [5, 5.41) is 3.64. The summed E-state index contributed by atoms with van der Waals surface area (Å²) in [6, 6.07) is 17.9. The first kappa shape index (κ1) is 17.7. The minimum Gasteiger partial charge on any atom is -0.372 e. The van der Waals surface area contributed by atoms with Crippen molar-refractivity contribution < 1.29 is 13.2 Å². The molecule has 4 rings (SSSR count). The van der Waals surface area contributed by atoms with Crippen LogP contribution in [0, 0.1) is 0 Å². The fourth-order valence-corrected chi connectivity index (χ4v) is 5.55. The quantitative estimate of drug-likeness (QED) is 0.898. The highest BCUT2D eigenvalue weighted by Gasteiger charge is 2.49. The van der Waals surface area contributed by atoms with E-state index >= 15 is 0 Å². The molecular formula is C21H25NO3S. The largest absolute Gasteiger partial charge is 0.372 e. The number of piperidine rings is 1. The van der Waals surface area contributed by atoms with Gasteiger partial charge in [-0.2, -0.15) is 0 Å². The Morgan fingerprint density at radius 1 is 1.08 bits per heavy atom. The van der Waals surface area contributed by atoms with Crippen LogP contribution in [-0.2, 0) is 14.6 Å². The van der Waals surface area contributed by atoms with Gasteiger partial charge in [0.25, 0.3) is 0 Å². The number of nitrogens with one attached hydrogen (secondary N) is 1. The van der Waals surface area contributed by atoms with Crippen LogP contribution in [0.2, 0.25) is 0 Å². The van der Waals surface area contributed by atoms with Gasteiger partial charge < -0.3 is 10.1 Å². The van der Waals surface area contributed by atoms with E-state index in [0.717, 1.165) is 31.4 Å². The SMILES string of the molecule is CS(=O)(=O)c1ccccc1[C@H]1CO[C@]2(CCCN[C@H]2c2ccccc2)C1. The highest BCUT2D eigenvalue weighted by molar-refractivity contribution is 7.90. The number of ether oxygens (including phenoxy) is 1. The van der Waals surface area contributed by atoms with Gasteiger partial charge in [0.1, 0.15) is 0 Å². The highest BCUT2D eigenvalue weighted by Crippen LogP contribution is 2.48. The number of rotatable bonds is 3. The van der Waals surface area contributed by atoms with Crippen molar-refractivity contribution in [3.05, 3.63) is 65.7 Å². The Balaban J connectivity index is 1.67. The summed E-state index contributed by atoms with van der Waals surface area (Å²) in [5.74, 6) is 0.104. The number of benzene rings is 2. The van der Waals surface area contributed by atoms with Gasteiger partial charge in [-0.15, -0.1) is 0 Å². The highest BCUT2D eigenvalue weighted by atomic mass is 32.2. The van der Waals surface area contributed by atoms with E-state index < -0.39 is 9.84 Å². The molecule has 0 unspecified atom stereocenters. The lowest BCUT2D eigenvalue weighted by molar-refractivity contribution is -0.0484. The monoisotopic (exact) mass is 371 g/mol. The number of hydrogen-bond donors (Lipinski definition) is 1. The Labute approximate surface area is 155 Å². The molecular weight excluding hydrogens is 346 g/mol. The molecule has 2 heterocycles. The molecule has 0 amide bonds. The lowest BCUT2D eigenvalue weighted by Gasteiger charge is -2.41.